The summed E-state index contributed by atoms with van der Waals surface area (Å²) in [5, 5.41) is 1.67. The van der Waals surface area contributed by atoms with Gasteiger partial charge in [-0.25, -0.2) is 32.9 Å². The van der Waals surface area contributed by atoms with E-state index in [-0.39, 0.29) is 6.54 Å². The number of aromatic nitrogens is 3. The van der Waals surface area contributed by atoms with Crippen LogP contribution in [0.25, 0.3) is 10.8 Å². The zero-order valence-corrected chi connectivity index (χ0v) is 15.9. The van der Waals surface area contributed by atoms with E-state index >= 15 is 0 Å². The van der Waals surface area contributed by atoms with E-state index in [1.807, 2.05) is 30.3 Å². The third-order valence-corrected chi connectivity index (χ3v) is 4.73. The van der Waals surface area contributed by atoms with Gasteiger partial charge in [0.25, 0.3) is 0 Å². The van der Waals surface area contributed by atoms with E-state index in [4.69, 9.17) is 4.74 Å². The molecule has 0 spiro atoms. The molecular weight excluding hydrogens is 362 g/mol. The summed E-state index contributed by atoms with van der Waals surface area (Å²) in [6, 6.07) is 12.8. The van der Waals surface area contributed by atoms with Gasteiger partial charge in [-0.05, 0) is 23.3 Å². The van der Waals surface area contributed by atoms with Crippen LogP contribution in [-0.4, -0.2) is 25.8 Å². The second-order valence-corrected chi connectivity index (χ2v) is 6.54. The Morgan fingerprint density at radius 2 is 1.54 bits per heavy atom. The fourth-order valence-electron chi connectivity index (χ4n) is 3.06. The summed E-state index contributed by atoms with van der Waals surface area (Å²) in [6.45, 7) is 1.66. The Balaban J connectivity index is 1.92. The summed E-state index contributed by atoms with van der Waals surface area (Å²) in [6.07, 6.45) is -0.302. The number of hydrogen-bond acceptors (Lipinski definition) is 5. The zero-order valence-electron chi connectivity index (χ0n) is 15.9. The number of ether oxygens (including phenoxy) is 1. The molecule has 1 aromatic heterocycles. The van der Waals surface area contributed by atoms with Crippen molar-refractivity contribution in [2.24, 2.45) is 14.1 Å². The maximum Gasteiger partial charge on any atom is 0.339 e. The molecule has 146 valence electrons. The van der Waals surface area contributed by atoms with Crippen molar-refractivity contribution in [3.05, 3.63) is 79.5 Å². The van der Waals surface area contributed by atoms with Crippen molar-refractivity contribution in [2.45, 2.75) is 26.0 Å². The van der Waals surface area contributed by atoms with Gasteiger partial charge in [-0.15, -0.1) is 0 Å². The fourth-order valence-corrected chi connectivity index (χ4v) is 3.06. The molecule has 8 heteroatoms. The van der Waals surface area contributed by atoms with Crippen LogP contribution in [0, 0.1) is 0 Å². The van der Waals surface area contributed by atoms with E-state index < -0.39 is 29.1 Å². The van der Waals surface area contributed by atoms with Crippen LogP contribution in [0.3, 0.4) is 0 Å². The number of carbonyl (C=O) groups excluding carboxylic acids is 1. The molecule has 0 fully saturated rings. The lowest BCUT2D eigenvalue weighted by Crippen LogP contribution is -2.53. The molecule has 0 N–H and O–H groups in total. The Morgan fingerprint density at radius 3 is 2.18 bits per heavy atom. The number of fused-ring (bicyclic) bond motifs is 1. The first-order valence-corrected chi connectivity index (χ1v) is 8.90. The fraction of sp³-hybridized carbons (Fsp3) is 0.300. The van der Waals surface area contributed by atoms with Crippen molar-refractivity contribution in [1.29, 1.82) is 0 Å². The average Bonchev–Trinajstić information content (AvgIpc) is 2.72. The van der Waals surface area contributed by atoms with Crippen LogP contribution < -0.4 is 17.1 Å². The number of hydrogen-bond donors (Lipinski definition) is 0. The maximum absolute atomic E-state index is 12.7. The summed E-state index contributed by atoms with van der Waals surface area (Å²) >= 11 is 0. The minimum Gasteiger partial charge on any atom is -0.457 e. The number of esters is 1. The highest BCUT2D eigenvalue weighted by Gasteiger charge is 2.20. The molecule has 0 saturated carbocycles. The van der Waals surface area contributed by atoms with Crippen molar-refractivity contribution >= 4 is 16.7 Å². The van der Waals surface area contributed by atoms with E-state index in [0.717, 1.165) is 24.5 Å². The molecule has 28 heavy (non-hydrogen) atoms. The standard InChI is InChI=1S/C20H21N3O5/c1-4-14(12-23-19(26)21(2)18(25)22(3)20(23)27)28-17(24)16-11-7-9-13-8-5-6-10-15(13)16/h5-11,14H,4,12H2,1-3H3. The Hall–Kier alpha value is -3.42. The monoisotopic (exact) mass is 383 g/mol. The first-order valence-electron chi connectivity index (χ1n) is 8.90. The smallest absolute Gasteiger partial charge is 0.339 e. The Morgan fingerprint density at radius 1 is 0.929 bits per heavy atom. The van der Waals surface area contributed by atoms with Gasteiger partial charge in [0.05, 0.1) is 12.1 Å². The van der Waals surface area contributed by atoms with Crippen molar-refractivity contribution in [1.82, 2.24) is 13.7 Å². The molecule has 0 aliphatic carbocycles. The maximum atomic E-state index is 12.7. The molecule has 1 unspecified atom stereocenters. The van der Waals surface area contributed by atoms with Crippen molar-refractivity contribution < 1.29 is 9.53 Å². The molecule has 3 rings (SSSR count). The van der Waals surface area contributed by atoms with Crippen LogP contribution in [0.5, 0.6) is 0 Å². The predicted molar refractivity (Wildman–Crippen MR) is 105 cm³/mol. The number of benzene rings is 2. The summed E-state index contributed by atoms with van der Waals surface area (Å²) < 4.78 is 8.19. The van der Waals surface area contributed by atoms with Crippen molar-refractivity contribution in [3.63, 3.8) is 0 Å². The molecule has 0 aliphatic heterocycles. The minimum atomic E-state index is -0.743. The number of carbonyl (C=O) groups is 1. The summed E-state index contributed by atoms with van der Waals surface area (Å²) in [7, 11) is 2.59. The number of nitrogens with zero attached hydrogens (tertiary/aromatic N) is 3. The van der Waals surface area contributed by atoms with Gasteiger partial charge in [0.1, 0.15) is 6.10 Å². The lowest BCUT2D eigenvalue weighted by molar-refractivity contribution is 0.0245. The van der Waals surface area contributed by atoms with E-state index in [1.54, 1.807) is 19.1 Å². The Kier molecular flexibility index (Phi) is 5.30. The highest BCUT2D eigenvalue weighted by Crippen LogP contribution is 2.20. The second-order valence-electron chi connectivity index (χ2n) is 6.54. The van der Waals surface area contributed by atoms with Gasteiger partial charge in [-0.2, -0.15) is 0 Å². The molecule has 0 bridgehead atoms. The lowest BCUT2D eigenvalue weighted by Gasteiger charge is -2.18. The topological polar surface area (TPSA) is 92.3 Å². The summed E-state index contributed by atoms with van der Waals surface area (Å²) in [5.74, 6) is -0.529. The quantitative estimate of drug-likeness (QED) is 0.614. The zero-order chi connectivity index (χ0) is 20.4. The molecule has 0 amide bonds. The van der Waals surface area contributed by atoms with Crippen LogP contribution in [-0.2, 0) is 25.4 Å². The molecule has 8 nitrogen and oxygen atoms in total. The minimum absolute atomic E-state index is 0.132. The van der Waals surface area contributed by atoms with Crippen molar-refractivity contribution in [3.8, 4) is 0 Å². The van der Waals surface area contributed by atoms with E-state index in [0.29, 0.717) is 12.0 Å². The van der Waals surface area contributed by atoms with Crippen LogP contribution in [0.15, 0.2) is 56.8 Å². The molecule has 0 saturated heterocycles. The van der Waals surface area contributed by atoms with Gasteiger partial charge in [0.2, 0.25) is 0 Å². The Bertz CT molecular complexity index is 1170. The molecular formula is C20H21N3O5. The summed E-state index contributed by atoms with van der Waals surface area (Å²) in [4.78, 5) is 49.2. The molecule has 3 aromatic rings. The van der Waals surface area contributed by atoms with Gasteiger partial charge >= 0.3 is 23.0 Å². The first-order chi connectivity index (χ1) is 13.3. The van der Waals surface area contributed by atoms with E-state index in [2.05, 4.69) is 0 Å². The van der Waals surface area contributed by atoms with E-state index in [9.17, 15) is 19.2 Å². The summed E-state index contributed by atoms with van der Waals surface area (Å²) in [5.41, 5.74) is -1.77. The average molecular weight is 383 g/mol. The van der Waals surface area contributed by atoms with Crippen LogP contribution >= 0.6 is 0 Å². The SMILES string of the molecule is CCC(Cn1c(=O)n(C)c(=O)n(C)c1=O)OC(=O)c1cccc2ccccc12. The largest absolute Gasteiger partial charge is 0.457 e. The Labute approximate surface area is 160 Å². The van der Waals surface area contributed by atoms with Gasteiger partial charge in [-0.1, -0.05) is 43.3 Å². The molecule has 0 aliphatic rings. The number of rotatable bonds is 5. The lowest BCUT2D eigenvalue weighted by atomic mass is 10.0. The molecule has 1 atom stereocenters. The predicted octanol–water partition coefficient (Wildman–Crippen LogP) is 1.03. The first kappa shape index (κ1) is 19.3. The van der Waals surface area contributed by atoms with Crippen LogP contribution in [0.1, 0.15) is 23.7 Å². The van der Waals surface area contributed by atoms with E-state index in [1.165, 1.54) is 14.1 Å². The van der Waals surface area contributed by atoms with Gasteiger partial charge in [0, 0.05) is 14.1 Å². The third-order valence-electron chi connectivity index (χ3n) is 4.73. The highest BCUT2D eigenvalue weighted by atomic mass is 16.5. The van der Waals surface area contributed by atoms with Gasteiger partial charge < -0.3 is 4.74 Å². The van der Waals surface area contributed by atoms with Crippen LogP contribution in [0.2, 0.25) is 0 Å². The molecule has 1 heterocycles. The van der Waals surface area contributed by atoms with Crippen molar-refractivity contribution in [2.75, 3.05) is 0 Å². The van der Waals surface area contributed by atoms with Crippen LogP contribution in [0.4, 0.5) is 0 Å². The van der Waals surface area contributed by atoms with Gasteiger partial charge in [0.15, 0.2) is 0 Å². The normalized spacial score (nSPS) is 12.1. The van der Waals surface area contributed by atoms with Gasteiger partial charge in [-0.3, -0.25) is 0 Å². The third kappa shape index (κ3) is 3.40. The molecule has 2 aromatic carbocycles. The second kappa shape index (κ2) is 7.67. The highest BCUT2D eigenvalue weighted by molar-refractivity contribution is 6.04. The molecule has 0 radical (unpaired) electrons.